The van der Waals surface area contributed by atoms with Gasteiger partial charge in [0.1, 0.15) is 0 Å². The maximum atomic E-state index is 8.64. The molecule has 4 heteroatoms. The van der Waals surface area contributed by atoms with Crippen molar-refractivity contribution in [2.45, 2.75) is 13.3 Å². The zero-order valence-electron chi connectivity index (χ0n) is 10.4. The highest BCUT2D eigenvalue weighted by molar-refractivity contribution is 5.67. The number of nitrogen functional groups attached to an aromatic ring is 1. The lowest BCUT2D eigenvalue weighted by atomic mass is 10.2. The van der Waals surface area contributed by atoms with Crippen LogP contribution in [0.2, 0.25) is 0 Å². The van der Waals surface area contributed by atoms with Crippen LogP contribution in [0.1, 0.15) is 13.3 Å². The number of rotatable bonds is 8. The zero-order chi connectivity index (χ0) is 12.5. The van der Waals surface area contributed by atoms with E-state index >= 15 is 0 Å². The predicted octanol–water partition coefficient (Wildman–Crippen LogP) is 1.49. The van der Waals surface area contributed by atoms with E-state index in [9.17, 15) is 0 Å². The van der Waals surface area contributed by atoms with Crippen LogP contribution < -0.4 is 10.6 Å². The van der Waals surface area contributed by atoms with Gasteiger partial charge in [-0.3, -0.25) is 0 Å². The van der Waals surface area contributed by atoms with Gasteiger partial charge in [-0.25, -0.2) is 0 Å². The first-order chi connectivity index (χ1) is 8.29. The second-order valence-corrected chi connectivity index (χ2v) is 3.88. The molecule has 0 unspecified atom stereocenters. The molecular weight excluding hydrogens is 216 g/mol. The molecule has 1 rings (SSSR count). The summed E-state index contributed by atoms with van der Waals surface area (Å²) in [5.41, 5.74) is 7.81. The summed E-state index contributed by atoms with van der Waals surface area (Å²) in [6.45, 7) is 4.96. The number of aliphatic hydroxyl groups is 1. The Balaban J connectivity index is 2.56. The van der Waals surface area contributed by atoms with E-state index in [4.69, 9.17) is 15.6 Å². The highest BCUT2D eigenvalue weighted by atomic mass is 16.5. The Kier molecular flexibility index (Phi) is 6.43. The molecule has 0 atom stereocenters. The lowest BCUT2D eigenvalue weighted by molar-refractivity contribution is 0.0966. The molecule has 0 fully saturated rings. The summed E-state index contributed by atoms with van der Waals surface area (Å²) in [5.74, 6) is 0. The van der Waals surface area contributed by atoms with Gasteiger partial charge in [-0.15, -0.1) is 0 Å². The van der Waals surface area contributed by atoms with Crippen LogP contribution in [0.3, 0.4) is 0 Å². The first kappa shape index (κ1) is 13.8. The fourth-order valence-electron chi connectivity index (χ4n) is 1.74. The molecule has 0 spiro atoms. The molecule has 0 bridgehead atoms. The van der Waals surface area contributed by atoms with Crippen LogP contribution in [0.25, 0.3) is 0 Å². The molecule has 0 saturated heterocycles. The molecular formula is C13H22N2O2. The number of para-hydroxylation sites is 2. The van der Waals surface area contributed by atoms with Crippen molar-refractivity contribution in [3.05, 3.63) is 24.3 Å². The summed E-state index contributed by atoms with van der Waals surface area (Å²) >= 11 is 0. The summed E-state index contributed by atoms with van der Waals surface area (Å²) in [7, 11) is 0. The number of nitrogens with two attached hydrogens (primary N) is 1. The molecule has 0 saturated carbocycles. The largest absolute Gasteiger partial charge is 0.397 e. The number of nitrogens with zero attached hydrogens (tertiary/aromatic N) is 1. The molecule has 17 heavy (non-hydrogen) atoms. The van der Waals surface area contributed by atoms with Crippen LogP contribution >= 0.6 is 0 Å². The smallest absolute Gasteiger partial charge is 0.0698 e. The molecule has 4 nitrogen and oxygen atoms in total. The van der Waals surface area contributed by atoms with E-state index in [2.05, 4.69) is 11.8 Å². The van der Waals surface area contributed by atoms with Crippen molar-refractivity contribution < 1.29 is 9.84 Å². The fourth-order valence-corrected chi connectivity index (χ4v) is 1.74. The first-order valence-corrected chi connectivity index (χ1v) is 6.07. The van der Waals surface area contributed by atoms with Crippen LogP contribution in [-0.2, 0) is 4.74 Å². The minimum Gasteiger partial charge on any atom is -0.397 e. The van der Waals surface area contributed by atoms with Gasteiger partial charge in [-0.05, 0) is 18.6 Å². The molecule has 0 aliphatic carbocycles. The summed E-state index contributed by atoms with van der Waals surface area (Å²) < 4.78 is 5.29. The summed E-state index contributed by atoms with van der Waals surface area (Å²) in [4.78, 5) is 2.21. The third-order valence-electron chi connectivity index (χ3n) is 2.51. The maximum Gasteiger partial charge on any atom is 0.0698 e. The van der Waals surface area contributed by atoms with Crippen molar-refractivity contribution in [2.24, 2.45) is 0 Å². The highest BCUT2D eigenvalue weighted by Gasteiger charge is 2.07. The Labute approximate surface area is 103 Å². The third kappa shape index (κ3) is 4.63. The molecule has 1 aromatic rings. The quantitative estimate of drug-likeness (QED) is 0.532. The number of aliphatic hydroxyl groups excluding tert-OH is 1. The van der Waals surface area contributed by atoms with Gasteiger partial charge in [-0.1, -0.05) is 19.1 Å². The van der Waals surface area contributed by atoms with Gasteiger partial charge in [0.15, 0.2) is 0 Å². The molecule has 3 N–H and O–H groups in total. The number of ether oxygens (including phenoxy) is 1. The van der Waals surface area contributed by atoms with Crippen molar-refractivity contribution in [1.82, 2.24) is 0 Å². The Morgan fingerprint density at radius 3 is 2.65 bits per heavy atom. The second-order valence-electron chi connectivity index (χ2n) is 3.88. The fraction of sp³-hybridized carbons (Fsp3) is 0.538. The molecule has 0 aliphatic heterocycles. The van der Waals surface area contributed by atoms with Gasteiger partial charge in [0.25, 0.3) is 0 Å². The Bertz CT molecular complexity index is 318. The lowest BCUT2D eigenvalue weighted by Gasteiger charge is -2.25. The summed E-state index contributed by atoms with van der Waals surface area (Å²) in [5, 5.41) is 8.64. The van der Waals surface area contributed by atoms with E-state index in [0.29, 0.717) is 13.2 Å². The Hall–Kier alpha value is -1.26. The van der Waals surface area contributed by atoms with Crippen molar-refractivity contribution in [3.63, 3.8) is 0 Å². The highest BCUT2D eigenvalue weighted by Crippen LogP contribution is 2.22. The Morgan fingerprint density at radius 1 is 1.24 bits per heavy atom. The van der Waals surface area contributed by atoms with Crippen molar-refractivity contribution in [1.29, 1.82) is 0 Å². The minimum absolute atomic E-state index is 0.0707. The van der Waals surface area contributed by atoms with E-state index in [-0.39, 0.29) is 6.61 Å². The van der Waals surface area contributed by atoms with Gasteiger partial charge < -0.3 is 20.5 Å². The Morgan fingerprint density at radius 2 is 2.00 bits per heavy atom. The predicted molar refractivity (Wildman–Crippen MR) is 71.3 cm³/mol. The maximum absolute atomic E-state index is 8.64. The van der Waals surface area contributed by atoms with E-state index in [1.165, 1.54) is 0 Å². The van der Waals surface area contributed by atoms with Crippen LogP contribution in [0.4, 0.5) is 11.4 Å². The van der Waals surface area contributed by atoms with Gasteiger partial charge in [0, 0.05) is 13.1 Å². The second kappa shape index (κ2) is 7.92. The molecule has 0 radical (unpaired) electrons. The molecule has 0 amide bonds. The van der Waals surface area contributed by atoms with Crippen LogP contribution in [0.5, 0.6) is 0 Å². The average Bonchev–Trinajstić information content (AvgIpc) is 2.34. The van der Waals surface area contributed by atoms with Crippen molar-refractivity contribution in [3.8, 4) is 0 Å². The number of hydrogen-bond donors (Lipinski definition) is 2. The van der Waals surface area contributed by atoms with Crippen molar-refractivity contribution >= 4 is 11.4 Å². The molecule has 0 heterocycles. The number of anilines is 2. The average molecular weight is 238 g/mol. The molecule has 0 aromatic heterocycles. The first-order valence-electron chi connectivity index (χ1n) is 6.07. The van der Waals surface area contributed by atoms with Crippen LogP contribution in [0, 0.1) is 0 Å². The van der Waals surface area contributed by atoms with E-state index < -0.39 is 0 Å². The van der Waals surface area contributed by atoms with E-state index in [1.807, 2.05) is 24.3 Å². The zero-order valence-corrected chi connectivity index (χ0v) is 10.4. The molecule has 96 valence electrons. The van der Waals surface area contributed by atoms with E-state index in [1.54, 1.807) is 0 Å². The third-order valence-corrected chi connectivity index (χ3v) is 2.51. The summed E-state index contributed by atoms with van der Waals surface area (Å²) in [6.07, 6.45) is 1.06. The van der Waals surface area contributed by atoms with Crippen LogP contribution in [-0.4, -0.2) is 38.0 Å². The van der Waals surface area contributed by atoms with Crippen LogP contribution in [0.15, 0.2) is 24.3 Å². The van der Waals surface area contributed by atoms with E-state index in [0.717, 1.165) is 30.9 Å². The van der Waals surface area contributed by atoms with Gasteiger partial charge in [-0.2, -0.15) is 0 Å². The molecule has 0 aliphatic rings. The topological polar surface area (TPSA) is 58.7 Å². The van der Waals surface area contributed by atoms with Crippen molar-refractivity contribution in [2.75, 3.05) is 43.5 Å². The summed E-state index contributed by atoms with van der Waals surface area (Å²) in [6, 6.07) is 7.86. The lowest BCUT2D eigenvalue weighted by Crippen LogP contribution is -2.29. The van der Waals surface area contributed by atoms with Gasteiger partial charge >= 0.3 is 0 Å². The minimum atomic E-state index is 0.0707. The monoisotopic (exact) mass is 238 g/mol. The molecule has 1 aromatic carbocycles. The normalized spacial score (nSPS) is 10.5. The SMILES string of the molecule is CCCN(CCOCCO)c1ccccc1N. The number of benzene rings is 1. The number of hydrogen-bond acceptors (Lipinski definition) is 4. The van der Waals surface area contributed by atoms with Gasteiger partial charge in [0.05, 0.1) is 31.2 Å². The van der Waals surface area contributed by atoms with Gasteiger partial charge in [0.2, 0.25) is 0 Å². The standard InChI is InChI=1S/C13H22N2O2/c1-2-7-15(8-10-17-11-9-16)13-6-4-3-5-12(13)14/h3-6,16H,2,7-11,14H2,1H3.